The van der Waals surface area contributed by atoms with Crippen molar-refractivity contribution in [3.05, 3.63) is 0 Å². The van der Waals surface area contributed by atoms with Gasteiger partial charge < -0.3 is 24.8 Å². The van der Waals surface area contributed by atoms with Gasteiger partial charge in [-0.1, -0.05) is 122 Å². The molecule has 202 valence electrons. The lowest BCUT2D eigenvalue weighted by atomic mass is 10.0. The van der Waals surface area contributed by atoms with Gasteiger partial charge in [-0.2, -0.15) is 0 Å². The number of ether oxygens (including phenoxy) is 2. The molecule has 3 N–H and O–H groups in total. The Morgan fingerprint density at radius 2 is 1.18 bits per heavy atom. The number of hydrogen-bond donors (Lipinski definition) is 3. The van der Waals surface area contributed by atoms with E-state index in [1.165, 1.54) is 103 Å². The largest absolute Gasteiger partial charge is 0.457 e. The summed E-state index contributed by atoms with van der Waals surface area (Å²) in [6.45, 7) is 1.83. The van der Waals surface area contributed by atoms with E-state index >= 15 is 0 Å². The summed E-state index contributed by atoms with van der Waals surface area (Å²) in [6, 6.07) is 0. The predicted molar refractivity (Wildman–Crippen MR) is 137 cm³/mol. The summed E-state index contributed by atoms with van der Waals surface area (Å²) in [5.74, 6) is -0.386. The molecule has 1 aliphatic heterocycles. The molecule has 0 radical (unpaired) electrons. The molecule has 0 aromatic carbocycles. The van der Waals surface area contributed by atoms with Crippen LogP contribution >= 0.6 is 0 Å². The van der Waals surface area contributed by atoms with Crippen molar-refractivity contribution < 1.29 is 29.6 Å². The van der Waals surface area contributed by atoms with Crippen molar-refractivity contribution in [1.29, 1.82) is 0 Å². The van der Waals surface area contributed by atoms with E-state index in [-0.39, 0.29) is 12.6 Å². The minimum atomic E-state index is -1.14. The number of carbonyl (C=O) groups excluding carboxylic acids is 1. The van der Waals surface area contributed by atoms with Crippen LogP contribution in [0.2, 0.25) is 0 Å². The first-order valence-corrected chi connectivity index (χ1v) is 14.4. The third-order valence-electron chi connectivity index (χ3n) is 7.00. The van der Waals surface area contributed by atoms with E-state index in [0.717, 1.165) is 19.3 Å². The Bertz CT molecular complexity index is 472. The first kappa shape index (κ1) is 31.3. The van der Waals surface area contributed by atoms with Gasteiger partial charge in [0.1, 0.15) is 18.3 Å². The lowest BCUT2D eigenvalue weighted by Gasteiger charge is -2.24. The van der Waals surface area contributed by atoms with Gasteiger partial charge >= 0.3 is 5.97 Å². The maximum Gasteiger partial charge on any atom is 0.306 e. The minimum absolute atomic E-state index is 0.0147. The standard InChI is InChI=1S/C28H54O6/c1-2-3-4-5-6-7-8-9-10-11-12-13-14-15-16-17-18-19-20-21-26(31)34-25(22-29)28-27(32)24(30)23-33-28/h24-25,27-30,32H,2-23H2,1H3. The summed E-state index contributed by atoms with van der Waals surface area (Å²) in [5.41, 5.74) is 0. The van der Waals surface area contributed by atoms with Gasteiger partial charge in [-0.25, -0.2) is 0 Å². The highest BCUT2D eigenvalue weighted by molar-refractivity contribution is 5.69. The number of rotatable bonds is 23. The number of aliphatic hydroxyl groups excluding tert-OH is 3. The van der Waals surface area contributed by atoms with Crippen LogP contribution < -0.4 is 0 Å². The van der Waals surface area contributed by atoms with Crippen LogP contribution in [0.3, 0.4) is 0 Å². The first-order valence-electron chi connectivity index (χ1n) is 14.4. The SMILES string of the molecule is CCCCCCCCCCCCCCCCCCCCCC(=O)OC(CO)C1OCC(O)C1O. The van der Waals surface area contributed by atoms with Gasteiger partial charge in [0.2, 0.25) is 0 Å². The van der Waals surface area contributed by atoms with Crippen molar-refractivity contribution in [1.82, 2.24) is 0 Å². The third-order valence-corrected chi connectivity index (χ3v) is 7.00. The molecule has 6 heteroatoms. The van der Waals surface area contributed by atoms with Crippen LogP contribution in [0.4, 0.5) is 0 Å². The number of esters is 1. The molecule has 0 aromatic heterocycles. The summed E-state index contributed by atoms with van der Waals surface area (Å²) in [4.78, 5) is 12.0. The van der Waals surface area contributed by atoms with Gasteiger partial charge in [-0.05, 0) is 6.42 Å². The van der Waals surface area contributed by atoms with Gasteiger partial charge in [0.05, 0.1) is 13.2 Å². The number of aliphatic hydroxyl groups is 3. The van der Waals surface area contributed by atoms with E-state index in [4.69, 9.17) is 9.47 Å². The Morgan fingerprint density at radius 3 is 1.53 bits per heavy atom. The molecule has 1 aliphatic rings. The average Bonchev–Trinajstić information content (AvgIpc) is 3.17. The van der Waals surface area contributed by atoms with Crippen LogP contribution in [0, 0.1) is 0 Å². The second-order valence-electron chi connectivity index (χ2n) is 10.2. The zero-order valence-corrected chi connectivity index (χ0v) is 21.9. The summed E-state index contributed by atoms with van der Waals surface area (Å²) in [6.07, 6.45) is 21.3. The molecule has 0 amide bonds. The second-order valence-corrected chi connectivity index (χ2v) is 10.2. The van der Waals surface area contributed by atoms with E-state index in [9.17, 15) is 20.1 Å². The summed E-state index contributed by atoms with van der Waals surface area (Å²) >= 11 is 0. The van der Waals surface area contributed by atoms with Crippen molar-refractivity contribution in [2.24, 2.45) is 0 Å². The molecular formula is C28H54O6. The second kappa shape index (κ2) is 21.6. The predicted octanol–water partition coefficient (Wildman–Crippen LogP) is 5.83. The zero-order valence-electron chi connectivity index (χ0n) is 21.9. The van der Waals surface area contributed by atoms with Crippen LogP contribution in [-0.2, 0) is 14.3 Å². The van der Waals surface area contributed by atoms with E-state index in [2.05, 4.69) is 6.92 Å². The van der Waals surface area contributed by atoms with Crippen molar-refractivity contribution in [3.8, 4) is 0 Å². The summed E-state index contributed by atoms with van der Waals surface area (Å²) in [7, 11) is 0. The van der Waals surface area contributed by atoms with Crippen molar-refractivity contribution in [2.75, 3.05) is 13.2 Å². The molecule has 6 nitrogen and oxygen atoms in total. The Labute approximate surface area is 208 Å². The number of carbonyl (C=O) groups is 1. The highest BCUT2D eigenvalue weighted by Gasteiger charge is 2.41. The molecule has 4 unspecified atom stereocenters. The molecule has 1 saturated heterocycles. The molecule has 0 saturated carbocycles. The number of hydrogen-bond acceptors (Lipinski definition) is 6. The average molecular weight is 487 g/mol. The molecule has 4 atom stereocenters. The van der Waals surface area contributed by atoms with E-state index in [1.54, 1.807) is 0 Å². The first-order chi connectivity index (χ1) is 16.6. The normalized spacial score (nSPS) is 21.1. The van der Waals surface area contributed by atoms with Gasteiger partial charge in [0.15, 0.2) is 6.10 Å². The van der Waals surface area contributed by atoms with Gasteiger partial charge in [-0.3, -0.25) is 4.79 Å². The molecule has 1 heterocycles. The molecule has 0 aromatic rings. The van der Waals surface area contributed by atoms with Crippen molar-refractivity contribution >= 4 is 5.97 Å². The van der Waals surface area contributed by atoms with Crippen LogP contribution in [0.15, 0.2) is 0 Å². The fourth-order valence-electron chi connectivity index (χ4n) is 4.74. The van der Waals surface area contributed by atoms with Gasteiger partial charge in [-0.15, -0.1) is 0 Å². The third kappa shape index (κ3) is 15.3. The molecule has 0 bridgehead atoms. The highest BCUT2D eigenvalue weighted by Crippen LogP contribution is 2.20. The molecule has 1 fully saturated rings. The maximum absolute atomic E-state index is 12.0. The van der Waals surface area contributed by atoms with Gasteiger partial charge in [0.25, 0.3) is 0 Å². The lowest BCUT2D eigenvalue weighted by molar-refractivity contribution is -0.162. The topological polar surface area (TPSA) is 96.2 Å². The highest BCUT2D eigenvalue weighted by atomic mass is 16.6. The monoisotopic (exact) mass is 486 g/mol. The van der Waals surface area contributed by atoms with Gasteiger partial charge in [0, 0.05) is 6.42 Å². The molecule has 0 aliphatic carbocycles. The maximum atomic E-state index is 12.0. The fourth-order valence-corrected chi connectivity index (χ4v) is 4.74. The fraction of sp³-hybridized carbons (Fsp3) is 0.964. The van der Waals surface area contributed by atoms with E-state index in [1.807, 2.05) is 0 Å². The van der Waals surface area contributed by atoms with E-state index in [0.29, 0.717) is 6.42 Å². The lowest BCUT2D eigenvalue weighted by Crippen LogP contribution is -2.43. The van der Waals surface area contributed by atoms with Crippen molar-refractivity contribution in [3.63, 3.8) is 0 Å². The number of unbranched alkanes of at least 4 members (excludes halogenated alkanes) is 18. The minimum Gasteiger partial charge on any atom is -0.457 e. The van der Waals surface area contributed by atoms with Crippen LogP contribution in [0.25, 0.3) is 0 Å². The Balaban J connectivity index is 1.82. The zero-order chi connectivity index (χ0) is 24.9. The Kier molecular flexibility index (Phi) is 19.9. The molecule has 0 spiro atoms. The van der Waals surface area contributed by atoms with Crippen LogP contribution in [-0.4, -0.2) is 58.9 Å². The quantitative estimate of drug-likeness (QED) is 0.124. The van der Waals surface area contributed by atoms with Crippen LogP contribution in [0.5, 0.6) is 0 Å². The summed E-state index contributed by atoms with van der Waals surface area (Å²) in [5, 5.41) is 28.8. The molecular weight excluding hydrogens is 432 g/mol. The summed E-state index contributed by atoms with van der Waals surface area (Å²) < 4.78 is 10.5. The Hall–Kier alpha value is -0.690. The molecule has 1 rings (SSSR count). The molecule has 34 heavy (non-hydrogen) atoms. The van der Waals surface area contributed by atoms with Crippen LogP contribution in [0.1, 0.15) is 135 Å². The van der Waals surface area contributed by atoms with Crippen molar-refractivity contribution in [2.45, 2.75) is 160 Å². The van der Waals surface area contributed by atoms with E-state index < -0.39 is 31.0 Å². The Morgan fingerprint density at radius 1 is 0.765 bits per heavy atom. The smallest absolute Gasteiger partial charge is 0.306 e.